The number of ether oxygens (including phenoxy) is 1. The molecule has 0 saturated carbocycles. The van der Waals surface area contributed by atoms with Gasteiger partial charge in [0, 0.05) is 25.2 Å². The average Bonchev–Trinajstić information content (AvgIpc) is 2.70. The molecule has 0 bridgehead atoms. The highest BCUT2D eigenvalue weighted by molar-refractivity contribution is 5.80. The van der Waals surface area contributed by atoms with E-state index < -0.39 is 0 Å². The first kappa shape index (κ1) is 17.7. The zero-order valence-electron chi connectivity index (χ0n) is 16.1. The van der Waals surface area contributed by atoms with Crippen molar-refractivity contribution in [3.8, 4) is 16.9 Å². The molecule has 1 aliphatic heterocycles. The second-order valence-corrected chi connectivity index (χ2v) is 7.54. The Morgan fingerprint density at radius 3 is 2.74 bits per heavy atom. The van der Waals surface area contributed by atoms with E-state index in [0.29, 0.717) is 11.9 Å². The minimum absolute atomic E-state index is 0.521. The van der Waals surface area contributed by atoms with Crippen LogP contribution in [0.15, 0.2) is 64.8 Å². The third-order valence-corrected chi connectivity index (χ3v) is 5.65. The lowest BCUT2D eigenvalue weighted by Gasteiger charge is -2.34. The van der Waals surface area contributed by atoms with Gasteiger partial charge in [0.05, 0.1) is 7.11 Å². The number of fused-ring (bicyclic) bond motifs is 1. The zero-order valence-corrected chi connectivity index (χ0v) is 16.1. The second-order valence-electron chi connectivity index (χ2n) is 7.54. The SMILES string of the molecule is COc1cccc(-c2cccc(CC3=C4N=C(N)N(C)CC4CCC3)c2)c1. The van der Waals surface area contributed by atoms with Gasteiger partial charge in [-0.3, -0.25) is 0 Å². The van der Waals surface area contributed by atoms with Gasteiger partial charge < -0.3 is 15.4 Å². The number of methoxy groups -OCH3 is 1. The number of hydrogen-bond donors (Lipinski definition) is 1. The fraction of sp³-hybridized carbons (Fsp3) is 0.348. The zero-order chi connectivity index (χ0) is 18.8. The van der Waals surface area contributed by atoms with Crippen molar-refractivity contribution in [2.75, 3.05) is 20.7 Å². The predicted octanol–water partition coefficient (Wildman–Crippen LogP) is 4.22. The molecule has 0 fully saturated rings. The highest BCUT2D eigenvalue weighted by Gasteiger charge is 2.28. The molecule has 2 aromatic rings. The van der Waals surface area contributed by atoms with Crippen LogP contribution in [-0.4, -0.2) is 31.6 Å². The Bertz CT molecular complexity index is 900. The van der Waals surface area contributed by atoms with Crippen LogP contribution in [0.25, 0.3) is 11.1 Å². The van der Waals surface area contributed by atoms with Crippen molar-refractivity contribution in [3.63, 3.8) is 0 Å². The van der Waals surface area contributed by atoms with Gasteiger partial charge in [-0.2, -0.15) is 0 Å². The van der Waals surface area contributed by atoms with Crippen LogP contribution in [0.2, 0.25) is 0 Å². The van der Waals surface area contributed by atoms with E-state index in [9.17, 15) is 0 Å². The summed E-state index contributed by atoms with van der Waals surface area (Å²) in [7, 11) is 3.73. The molecule has 27 heavy (non-hydrogen) atoms. The quantitative estimate of drug-likeness (QED) is 0.887. The molecule has 140 valence electrons. The number of nitrogens with two attached hydrogens (primary N) is 1. The molecule has 1 aliphatic carbocycles. The van der Waals surface area contributed by atoms with Gasteiger partial charge in [0.25, 0.3) is 0 Å². The summed E-state index contributed by atoms with van der Waals surface area (Å²) in [6.07, 6.45) is 4.52. The second kappa shape index (κ2) is 7.47. The average molecular weight is 361 g/mol. The predicted molar refractivity (Wildman–Crippen MR) is 111 cm³/mol. The van der Waals surface area contributed by atoms with Crippen molar-refractivity contribution in [2.45, 2.75) is 25.7 Å². The van der Waals surface area contributed by atoms with Crippen molar-refractivity contribution in [1.82, 2.24) is 4.90 Å². The molecule has 0 amide bonds. The van der Waals surface area contributed by atoms with Crippen molar-refractivity contribution in [1.29, 1.82) is 0 Å². The lowest BCUT2D eigenvalue weighted by atomic mass is 9.83. The Balaban J connectivity index is 1.64. The van der Waals surface area contributed by atoms with E-state index in [-0.39, 0.29) is 0 Å². The number of aliphatic imine (C=N–C) groups is 1. The van der Waals surface area contributed by atoms with E-state index in [2.05, 4.69) is 41.3 Å². The Kier molecular flexibility index (Phi) is 4.88. The molecular weight excluding hydrogens is 334 g/mol. The lowest BCUT2D eigenvalue weighted by Crippen LogP contribution is -2.42. The largest absolute Gasteiger partial charge is 0.497 e. The molecule has 1 heterocycles. The van der Waals surface area contributed by atoms with Crippen LogP contribution >= 0.6 is 0 Å². The first-order chi connectivity index (χ1) is 13.1. The lowest BCUT2D eigenvalue weighted by molar-refractivity contribution is 0.355. The normalized spacial score (nSPS) is 19.6. The summed E-state index contributed by atoms with van der Waals surface area (Å²) in [5, 5.41) is 0. The van der Waals surface area contributed by atoms with Gasteiger partial charge in [0.15, 0.2) is 5.96 Å². The minimum atomic E-state index is 0.521. The monoisotopic (exact) mass is 361 g/mol. The molecular formula is C23H27N3O. The highest BCUT2D eigenvalue weighted by atomic mass is 16.5. The molecule has 4 rings (SSSR count). The molecule has 2 N–H and O–H groups in total. The van der Waals surface area contributed by atoms with Crippen LogP contribution in [-0.2, 0) is 6.42 Å². The maximum Gasteiger partial charge on any atom is 0.195 e. The molecule has 0 spiro atoms. The molecule has 0 saturated heterocycles. The molecule has 4 heteroatoms. The summed E-state index contributed by atoms with van der Waals surface area (Å²) in [4.78, 5) is 6.82. The van der Waals surface area contributed by atoms with E-state index in [1.165, 1.54) is 40.8 Å². The van der Waals surface area contributed by atoms with Crippen molar-refractivity contribution >= 4 is 5.96 Å². The van der Waals surface area contributed by atoms with Gasteiger partial charge in [-0.05, 0) is 60.1 Å². The maximum absolute atomic E-state index is 6.10. The van der Waals surface area contributed by atoms with Crippen LogP contribution in [0.1, 0.15) is 24.8 Å². The molecule has 4 nitrogen and oxygen atoms in total. The number of guanidine groups is 1. The molecule has 1 atom stereocenters. The first-order valence-corrected chi connectivity index (χ1v) is 9.64. The summed E-state index contributed by atoms with van der Waals surface area (Å²) < 4.78 is 5.37. The van der Waals surface area contributed by atoms with E-state index in [1.54, 1.807) is 7.11 Å². The Hall–Kier alpha value is -2.75. The van der Waals surface area contributed by atoms with Crippen LogP contribution in [0.3, 0.4) is 0 Å². The molecule has 2 aliphatic rings. The molecule has 0 radical (unpaired) electrons. The van der Waals surface area contributed by atoms with Crippen LogP contribution in [0.4, 0.5) is 0 Å². The fourth-order valence-electron chi connectivity index (χ4n) is 4.19. The van der Waals surface area contributed by atoms with Crippen LogP contribution in [0.5, 0.6) is 5.75 Å². The standard InChI is InChI=1S/C23H27N3O/c1-26-15-20-10-4-9-19(22(20)25-23(26)24)13-16-6-3-7-17(12-16)18-8-5-11-21(14-18)27-2/h3,5-8,11-12,14,20H,4,9-10,13,15H2,1-2H3,(H2,24,25). The fourth-order valence-corrected chi connectivity index (χ4v) is 4.19. The van der Waals surface area contributed by atoms with E-state index in [0.717, 1.165) is 25.1 Å². The van der Waals surface area contributed by atoms with Crippen molar-refractivity contribution < 1.29 is 4.74 Å². The van der Waals surface area contributed by atoms with Crippen LogP contribution in [0, 0.1) is 5.92 Å². The van der Waals surface area contributed by atoms with E-state index >= 15 is 0 Å². The number of nitrogens with zero attached hydrogens (tertiary/aromatic N) is 2. The molecule has 1 unspecified atom stereocenters. The van der Waals surface area contributed by atoms with E-state index in [4.69, 9.17) is 15.5 Å². The smallest absolute Gasteiger partial charge is 0.195 e. The third kappa shape index (κ3) is 3.70. The van der Waals surface area contributed by atoms with Gasteiger partial charge in [-0.1, -0.05) is 36.4 Å². The van der Waals surface area contributed by atoms with Gasteiger partial charge in [-0.15, -0.1) is 0 Å². The van der Waals surface area contributed by atoms with Crippen molar-refractivity contribution in [2.24, 2.45) is 16.6 Å². The summed E-state index contributed by atoms with van der Waals surface area (Å²) in [6, 6.07) is 17.0. The summed E-state index contributed by atoms with van der Waals surface area (Å²) in [5.74, 6) is 2.05. The molecule has 0 aromatic heterocycles. The number of rotatable bonds is 4. The summed E-state index contributed by atoms with van der Waals surface area (Å²) >= 11 is 0. The number of benzene rings is 2. The van der Waals surface area contributed by atoms with E-state index in [1.807, 2.05) is 19.2 Å². The third-order valence-electron chi connectivity index (χ3n) is 5.65. The highest BCUT2D eigenvalue weighted by Crippen LogP contribution is 2.36. The Morgan fingerprint density at radius 1 is 1.15 bits per heavy atom. The summed E-state index contributed by atoms with van der Waals surface area (Å²) in [5.41, 5.74) is 12.5. The summed E-state index contributed by atoms with van der Waals surface area (Å²) in [6.45, 7) is 0.984. The van der Waals surface area contributed by atoms with Gasteiger partial charge in [0.2, 0.25) is 0 Å². The van der Waals surface area contributed by atoms with Gasteiger partial charge in [-0.25, -0.2) is 4.99 Å². The number of hydrogen-bond acceptors (Lipinski definition) is 4. The van der Waals surface area contributed by atoms with Gasteiger partial charge >= 0.3 is 0 Å². The van der Waals surface area contributed by atoms with Gasteiger partial charge in [0.1, 0.15) is 5.75 Å². The Labute approximate surface area is 161 Å². The number of allylic oxidation sites excluding steroid dienone is 1. The first-order valence-electron chi connectivity index (χ1n) is 9.64. The Morgan fingerprint density at radius 2 is 1.93 bits per heavy atom. The minimum Gasteiger partial charge on any atom is -0.497 e. The van der Waals surface area contributed by atoms with Crippen molar-refractivity contribution in [3.05, 3.63) is 65.4 Å². The molecule has 2 aromatic carbocycles. The van der Waals surface area contributed by atoms with Crippen LogP contribution < -0.4 is 10.5 Å². The topological polar surface area (TPSA) is 50.9 Å². The maximum atomic E-state index is 6.10.